The van der Waals surface area contributed by atoms with Crippen molar-refractivity contribution < 1.29 is 33.9 Å². The fourth-order valence-corrected chi connectivity index (χ4v) is 11.0. The van der Waals surface area contributed by atoms with Crippen molar-refractivity contribution in [2.24, 2.45) is 58.0 Å². The molecule has 0 radical (unpaired) electrons. The standard InChI is InChI=1S/C33H53NO7/c1-20(9-12-28(34)36)24-10-11-25-29-26(13-15-31(24,25)5)30(4)16-17-32(19-23(30)18-27(29)37-22(3)35)38-40-33(41-39-32)14-7-6-8-21(33)2/h20-21,23-27,29H,6-19H2,1-5H3,(H2,34,36)/t20-,21?,23-,24-,25+,26+,27-,29+,30+,31-,32?,33?/m1/s1. The Morgan fingerprint density at radius 1 is 0.927 bits per heavy atom. The van der Waals surface area contributed by atoms with E-state index in [2.05, 4.69) is 27.7 Å². The van der Waals surface area contributed by atoms with E-state index in [9.17, 15) is 9.59 Å². The molecule has 6 aliphatic rings. The molecule has 0 bridgehead atoms. The Morgan fingerprint density at radius 3 is 2.34 bits per heavy atom. The number of carbonyl (C=O) groups is 2. The third kappa shape index (κ3) is 4.97. The van der Waals surface area contributed by atoms with E-state index in [1.165, 1.54) is 25.7 Å². The zero-order valence-electron chi connectivity index (χ0n) is 26.0. The van der Waals surface area contributed by atoms with Crippen molar-refractivity contribution in [3.8, 4) is 0 Å². The molecule has 2 N–H and O–H groups in total. The van der Waals surface area contributed by atoms with Gasteiger partial charge in [0.05, 0.1) is 0 Å². The highest BCUT2D eigenvalue weighted by atomic mass is 17.4. The van der Waals surface area contributed by atoms with E-state index in [-0.39, 0.29) is 40.6 Å². The van der Waals surface area contributed by atoms with Gasteiger partial charge in [0, 0.05) is 44.4 Å². The fraction of sp³-hybridized carbons (Fsp3) is 0.939. The topological polar surface area (TPSA) is 106 Å². The number of nitrogens with two attached hydrogens (primary N) is 1. The van der Waals surface area contributed by atoms with Gasteiger partial charge in [0.2, 0.25) is 17.5 Å². The van der Waals surface area contributed by atoms with Crippen molar-refractivity contribution in [2.75, 3.05) is 0 Å². The van der Waals surface area contributed by atoms with E-state index in [0.29, 0.717) is 42.4 Å². The summed E-state index contributed by atoms with van der Waals surface area (Å²) in [5, 5.41) is 0. The van der Waals surface area contributed by atoms with Gasteiger partial charge in [0.15, 0.2) is 0 Å². The molecule has 232 valence electrons. The second-order valence-electron chi connectivity index (χ2n) is 15.5. The minimum atomic E-state index is -0.905. The highest BCUT2D eigenvalue weighted by molar-refractivity contribution is 5.73. The first-order valence-corrected chi connectivity index (χ1v) is 16.6. The number of fused-ring (bicyclic) bond motifs is 5. The van der Waals surface area contributed by atoms with Crippen LogP contribution in [0.5, 0.6) is 0 Å². The normalized spacial score (nSPS) is 50.0. The zero-order chi connectivity index (χ0) is 29.2. The summed E-state index contributed by atoms with van der Waals surface area (Å²) in [6, 6.07) is 0. The van der Waals surface area contributed by atoms with Gasteiger partial charge in [0.1, 0.15) is 6.10 Å². The predicted molar refractivity (Wildman–Crippen MR) is 151 cm³/mol. The Morgan fingerprint density at radius 2 is 1.66 bits per heavy atom. The lowest BCUT2D eigenvalue weighted by atomic mass is 9.43. The van der Waals surface area contributed by atoms with Crippen LogP contribution < -0.4 is 5.73 Å². The highest BCUT2D eigenvalue weighted by Gasteiger charge is 2.66. The van der Waals surface area contributed by atoms with Gasteiger partial charge in [-0.1, -0.05) is 34.1 Å². The molecule has 0 aromatic heterocycles. The SMILES string of the molecule is CC(=O)O[C@@H]1C[C@@H]2CC3(CC[C@]2(C)[C@H]2CC[C@]4(C)[C@@H]([C@H](C)CCC(N)=O)CC[C@H]4[C@H]12)OOC1(CCCCC1C)OO3. The Hall–Kier alpha value is -1.22. The molecule has 41 heavy (non-hydrogen) atoms. The first-order chi connectivity index (χ1) is 19.4. The number of hydrogen-bond acceptors (Lipinski definition) is 7. The van der Waals surface area contributed by atoms with E-state index >= 15 is 0 Å². The van der Waals surface area contributed by atoms with Crippen molar-refractivity contribution in [2.45, 2.75) is 142 Å². The van der Waals surface area contributed by atoms with Gasteiger partial charge in [0.25, 0.3) is 0 Å². The smallest absolute Gasteiger partial charge is 0.302 e. The second kappa shape index (κ2) is 10.7. The molecule has 8 nitrogen and oxygen atoms in total. The molecule has 2 spiro atoms. The number of carbonyl (C=O) groups excluding carboxylic acids is 2. The molecule has 0 aromatic rings. The molecule has 1 unspecified atom stereocenters. The van der Waals surface area contributed by atoms with Gasteiger partial charge in [-0.05, 0) is 98.2 Å². The van der Waals surface area contributed by atoms with Crippen LogP contribution in [0.25, 0.3) is 0 Å². The number of primary amides is 1. The molecule has 6 rings (SSSR count). The Balaban J connectivity index is 1.22. The molecule has 1 aliphatic heterocycles. The van der Waals surface area contributed by atoms with Crippen LogP contribution in [0.1, 0.15) is 125 Å². The number of hydrogen-bond donors (Lipinski definition) is 1. The number of rotatable bonds is 5. The average molecular weight is 576 g/mol. The first kappa shape index (κ1) is 29.8. The van der Waals surface area contributed by atoms with E-state index in [1.54, 1.807) is 6.92 Å². The summed E-state index contributed by atoms with van der Waals surface area (Å²) in [5.74, 6) is 0.773. The fourth-order valence-electron chi connectivity index (χ4n) is 11.0. The maximum atomic E-state index is 12.5. The van der Waals surface area contributed by atoms with Crippen molar-refractivity contribution in [1.29, 1.82) is 0 Å². The van der Waals surface area contributed by atoms with Crippen LogP contribution in [-0.2, 0) is 33.9 Å². The summed E-state index contributed by atoms with van der Waals surface area (Å²) < 4.78 is 6.22. The predicted octanol–water partition coefficient (Wildman–Crippen LogP) is 6.60. The van der Waals surface area contributed by atoms with Gasteiger partial charge >= 0.3 is 5.97 Å². The molecule has 1 saturated heterocycles. The van der Waals surface area contributed by atoms with Crippen LogP contribution in [-0.4, -0.2) is 29.6 Å². The van der Waals surface area contributed by atoms with Gasteiger partial charge in [-0.15, -0.1) is 0 Å². The monoisotopic (exact) mass is 575 g/mol. The largest absolute Gasteiger partial charge is 0.462 e. The van der Waals surface area contributed by atoms with E-state index in [4.69, 9.17) is 30.0 Å². The maximum absolute atomic E-state index is 12.5. The molecule has 1 heterocycles. The summed E-state index contributed by atoms with van der Waals surface area (Å²) in [6.45, 7) is 11.0. The van der Waals surface area contributed by atoms with E-state index in [1.807, 2.05) is 0 Å². The molecular formula is C33H53NO7. The lowest BCUT2D eigenvalue weighted by Crippen LogP contribution is -2.63. The molecule has 5 aliphatic carbocycles. The first-order valence-electron chi connectivity index (χ1n) is 16.6. The second-order valence-corrected chi connectivity index (χ2v) is 15.5. The summed E-state index contributed by atoms with van der Waals surface area (Å²) in [5.41, 5.74) is 5.81. The van der Waals surface area contributed by atoms with Crippen molar-refractivity contribution in [3.05, 3.63) is 0 Å². The summed E-state index contributed by atoms with van der Waals surface area (Å²) in [7, 11) is 0. The van der Waals surface area contributed by atoms with Crippen LogP contribution >= 0.6 is 0 Å². The number of amides is 1. The minimum Gasteiger partial charge on any atom is -0.462 e. The van der Waals surface area contributed by atoms with Gasteiger partial charge in [-0.25, -0.2) is 0 Å². The van der Waals surface area contributed by atoms with Crippen molar-refractivity contribution >= 4 is 11.9 Å². The lowest BCUT2D eigenvalue weighted by molar-refractivity contribution is -0.671. The van der Waals surface area contributed by atoms with Gasteiger partial charge in [-0.2, -0.15) is 19.6 Å². The minimum absolute atomic E-state index is 0.106. The molecule has 1 amide bonds. The summed E-state index contributed by atoms with van der Waals surface area (Å²) in [6.07, 6.45) is 13.1. The molecule has 5 saturated carbocycles. The van der Waals surface area contributed by atoms with Crippen molar-refractivity contribution in [1.82, 2.24) is 0 Å². The van der Waals surface area contributed by atoms with Crippen LogP contribution in [0, 0.1) is 52.3 Å². The molecule has 8 heteroatoms. The highest BCUT2D eigenvalue weighted by Crippen LogP contribution is 2.69. The number of esters is 1. The third-order valence-electron chi connectivity index (χ3n) is 13.4. The van der Waals surface area contributed by atoms with E-state index in [0.717, 1.165) is 51.4 Å². The molecule has 10 atom stereocenters. The molecule has 6 fully saturated rings. The van der Waals surface area contributed by atoms with E-state index < -0.39 is 11.6 Å². The average Bonchev–Trinajstić information content (AvgIpc) is 3.28. The van der Waals surface area contributed by atoms with Crippen LogP contribution in [0.4, 0.5) is 0 Å². The Labute approximate surface area is 245 Å². The molecular weight excluding hydrogens is 522 g/mol. The Kier molecular flexibility index (Phi) is 7.82. The van der Waals surface area contributed by atoms with Gasteiger partial charge in [-0.3, -0.25) is 9.59 Å². The quantitative estimate of drug-likeness (QED) is 0.291. The maximum Gasteiger partial charge on any atom is 0.302 e. The summed E-state index contributed by atoms with van der Waals surface area (Å²) in [4.78, 5) is 48.6. The summed E-state index contributed by atoms with van der Waals surface area (Å²) >= 11 is 0. The van der Waals surface area contributed by atoms with Gasteiger partial charge < -0.3 is 10.5 Å². The van der Waals surface area contributed by atoms with Crippen LogP contribution in [0.15, 0.2) is 0 Å². The molecule has 0 aromatic carbocycles. The zero-order valence-corrected chi connectivity index (χ0v) is 26.0. The Bertz CT molecular complexity index is 1010. The van der Waals surface area contributed by atoms with Crippen LogP contribution in [0.3, 0.4) is 0 Å². The third-order valence-corrected chi connectivity index (χ3v) is 13.4. The lowest BCUT2D eigenvalue weighted by Gasteiger charge is -2.64. The van der Waals surface area contributed by atoms with Crippen molar-refractivity contribution in [3.63, 3.8) is 0 Å². The van der Waals surface area contributed by atoms with Crippen LogP contribution in [0.2, 0.25) is 0 Å². The number of ether oxygens (including phenoxy) is 1.